The van der Waals surface area contributed by atoms with E-state index in [1.165, 1.54) is 0 Å². The topological polar surface area (TPSA) is 49.4 Å². The van der Waals surface area contributed by atoms with Gasteiger partial charge in [0.05, 0.1) is 0 Å². The molecule has 0 bridgehead atoms. The van der Waals surface area contributed by atoms with Crippen molar-refractivity contribution in [1.29, 1.82) is 0 Å². The zero-order valence-corrected chi connectivity index (χ0v) is 11.1. The first-order valence-electron chi connectivity index (χ1n) is 5.98. The van der Waals surface area contributed by atoms with Crippen LogP contribution in [0.15, 0.2) is 0 Å². The van der Waals surface area contributed by atoms with E-state index in [1.807, 2.05) is 6.92 Å². The minimum absolute atomic E-state index is 0.0922. The lowest BCUT2D eigenvalue weighted by Gasteiger charge is -2.31. The third kappa shape index (κ3) is 6.01. The highest BCUT2D eigenvalue weighted by atomic mass is 32.2. The van der Waals surface area contributed by atoms with Gasteiger partial charge in [-0.15, -0.1) is 0 Å². The fraction of sp³-hybridized carbons (Fsp3) is 1.00. The Morgan fingerprint density at radius 3 is 2.61 bits per heavy atom. The second kappa shape index (κ2) is 6.21. The Bertz CT molecular complexity index is 357. The van der Waals surface area contributed by atoms with Gasteiger partial charge in [0.2, 0.25) is 10.0 Å². The molecule has 1 heterocycles. The average molecular weight is 288 g/mol. The molecule has 1 atom stereocenters. The predicted molar refractivity (Wildman–Crippen MR) is 62.7 cm³/mol. The number of piperidine rings is 1. The van der Waals surface area contributed by atoms with E-state index in [1.54, 1.807) is 0 Å². The van der Waals surface area contributed by atoms with E-state index < -0.39 is 22.0 Å². The summed E-state index contributed by atoms with van der Waals surface area (Å²) in [5, 5.41) is 0. The Hall–Kier alpha value is -0.340. The highest BCUT2D eigenvalue weighted by Gasteiger charge is 2.35. The van der Waals surface area contributed by atoms with Gasteiger partial charge in [0.1, 0.15) is 0 Å². The van der Waals surface area contributed by atoms with Gasteiger partial charge < -0.3 is 4.90 Å². The largest absolute Gasteiger partial charge is 0.404 e. The zero-order valence-electron chi connectivity index (χ0n) is 10.3. The Labute approximate surface area is 106 Å². The van der Waals surface area contributed by atoms with Crippen LogP contribution in [0.1, 0.15) is 19.8 Å². The van der Waals surface area contributed by atoms with Gasteiger partial charge in [-0.05, 0) is 31.8 Å². The van der Waals surface area contributed by atoms with Crippen molar-refractivity contribution < 1.29 is 21.6 Å². The highest BCUT2D eigenvalue weighted by molar-refractivity contribution is 7.89. The van der Waals surface area contributed by atoms with Gasteiger partial charge in [0, 0.05) is 13.1 Å². The predicted octanol–water partition coefficient (Wildman–Crippen LogP) is 1.20. The molecular formula is C10H19F3N2O2S. The number of hydrogen-bond acceptors (Lipinski definition) is 3. The van der Waals surface area contributed by atoms with Crippen molar-refractivity contribution in [3.8, 4) is 0 Å². The fourth-order valence-corrected chi connectivity index (χ4v) is 3.14. The molecule has 4 nitrogen and oxygen atoms in total. The molecule has 1 aliphatic rings. The number of alkyl halides is 3. The summed E-state index contributed by atoms with van der Waals surface area (Å²) < 4.78 is 60.5. The molecule has 1 aliphatic heterocycles. The van der Waals surface area contributed by atoms with Crippen molar-refractivity contribution in [1.82, 2.24) is 9.62 Å². The number of nitrogens with one attached hydrogen (secondary N) is 1. The highest BCUT2D eigenvalue weighted by Crippen LogP contribution is 2.18. The summed E-state index contributed by atoms with van der Waals surface area (Å²) in [6.07, 6.45) is -2.88. The number of rotatable bonds is 5. The molecule has 1 rings (SSSR count). The molecule has 0 amide bonds. The van der Waals surface area contributed by atoms with E-state index in [9.17, 15) is 21.6 Å². The lowest BCUT2D eigenvalue weighted by Crippen LogP contribution is -2.42. The molecule has 0 aromatic heterocycles. The van der Waals surface area contributed by atoms with Crippen molar-refractivity contribution in [2.24, 2.45) is 5.92 Å². The lowest BCUT2D eigenvalue weighted by molar-refractivity contribution is -0.106. The third-order valence-electron chi connectivity index (χ3n) is 3.00. The standard InChI is InChI=1S/C10H19F3N2O2S/c1-2-15-5-3-4-9(7-15)6-14-18(16,17)8-10(11,12)13/h9,14H,2-8H2,1H3. The summed E-state index contributed by atoms with van der Waals surface area (Å²) in [4.78, 5) is 2.17. The van der Waals surface area contributed by atoms with Gasteiger partial charge in [0.15, 0.2) is 5.75 Å². The Balaban J connectivity index is 2.40. The number of sulfonamides is 1. The maximum absolute atomic E-state index is 12.0. The Morgan fingerprint density at radius 2 is 2.06 bits per heavy atom. The van der Waals surface area contributed by atoms with Crippen molar-refractivity contribution in [3.63, 3.8) is 0 Å². The van der Waals surface area contributed by atoms with Crippen LogP contribution in [0.25, 0.3) is 0 Å². The van der Waals surface area contributed by atoms with Crippen molar-refractivity contribution in [2.75, 3.05) is 31.9 Å². The number of halogens is 3. The van der Waals surface area contributed by atoms with E-state index >= 15 is 0 Å². The van der Waals surface area contributed by atoms with Crippen LogP contribution in [-0.4, -0.2) is 51.4 Å². The van der Waals surface area contributed by atoms with Crippen LogP contribution < -0.4 is 4.72 Å². The lowest BCUT2D eigenvalue weighted by atomic mass is 9.98. The molecule has 18 heavy (non-hydrogen) atoms. The van der Waals surface area contributed by atoms with E-state index in [-0.39, 0.29) is 12.5 Å². The molecule has 1 saturated heterocycles. The maximum Gasteiger partial charge on any atom is 0.404 e. The minimum Gasteiger partial charge on any atom is -0.303 e. The Kier molecular flexibility index (Phi) is 5.42. The molecule has 108 valence electrons. The SMILES string of the molecule is CCN1CCCC(CNS(=O)(=O)CC(F)(F)F)C1. The summed E-state index contributed by atoms with van der Waals surface area (Å²) in [5.74, 6) is -1.70. The van der Waals surface area contributed by atoms with Gasteiger partial charge in [-0.1, -0.05) is 6.92 Å². The number of likely N-dealkylation sites (tertiary alicyclic amines) is 1. The van der Waals surface area contributed by atoms with Crippen molar-refractivity contribution in [3.05, 3.63) is 0 Å². The molecule has 0 aromatic carbocycles. The smallest absolute Gasteiger partial charge is 0.303 e. The summed E-state index contributed by atoms with van der Waals surface area (Å²) in [5.41, 5.74) is 0. The maximum atomic E-state index is 12.0. The first-order chi connectivity index (χ1) is 8.22. The van der Waals surface area contributed by atoms with Crippen LogP contribution in [0.3, 0.4) is 0 Å². The van der Waals surface area contributed by atoms with Crippen molar-refractivity contribution in [2.45, 2.75) is 25.9 Å². The van der Waals surface area contributed by atoms with E-state index in [4.69, 9.17) is 0 Å². The summed E-state index contributed by atoms with van der Waals surface area (Å²) in [7, 11) is -4.26. The number of nitrogens with zero attached hydrogens (tertiary/aromatic N) is 1. The van der Waals surface area contributed by atoms with Crippen molar-refractivity contribution >= 4 is 10.0 Å². The molecule has 8 heteroatoms. The fourth-order valence-electron chi connectivity index (χ4n) is 2.12. The third-order valence-corrected chi connectivity index (χ3v) is 4.31. The van der Waals surface area contributed by atoms with Crippen LogP contribution in [0, 0.1) is 5.92 Å². The van der Waals surface area contributed by atoms with E-state index in [0.29, 0.717) is 0 Å². The molecule has 1 unspecified atom stereocenters. The van der Waals surface area contributed by atoms with Gasteiger partial charge in [0.25, 0.3) is 0 Å². The van der Waals surface area contributed by atoms with Crippen LogP contribution >= 0.6 is 0 Å². The quantitative estimate of drug-likeness (QED) is 0.827. The van der Waals surface area contributed by atoms with E-state index in [0.717, 1.165) is 32.5 Å². The first kappa shape index (κ1) is 15.7. The Morgan fingerprint density at radius 1 is 1.39 bits per heavy atom. The van der Waals surface area contributed by atoms with Crippen LogP contribution in [-0.2, 0) is 10.0 Å². The molecular weight excluding hydrogens is 269 g/mol. The second-order valence-electron chi connectivity index (χ2n) is 4.62. The van der Waals surface area contributed by atoms with Gasteiger partial charge in [-0.3, -0.25) is 0 Å². The van der Waals surface area contributed by atoms with Gasteiger partial charge in [-0.25, -0.2) is 13.1 Å². The second-order valence-corrected chi connectivity index (χ2v) is 6.43. The molecule has 0 aliphatic carbocycles. The monoisotopic (exact) mass is 288 g/mol. The first-order valence-corrected chi connectivity index (χ1v) is 7.63. The molecule has 0 aromatic rings. The van der Waals surface area contributed by atoms with Crippen LogP contribution in [0.5, 0.6) is 0 Å². The number of hydrogen-bond donors (Lipinski definition) is 1. The average Bonchev–Trinajstić information content (AvgIpc) is 2.24. The zero-order chi connectivity index (χ0) is 13.8. The molecule has 1 fully saturated rings. The van der Waals surface area contributed by atoms with E-state index in [2.05, 4.69) is 9.62 Å². The molecule has 1 N–H and O–H groups in total. The summed E-state index contributed by atoms with van der Waals surface area (Å²) in [6, 6.07) is 0. The summed E-state index contributed by atoms with van der Waals surface area (Å²) >= 11 is 0. The van der Waals surface area contributed by atoms with Gasteiger partial charge in [-0.2, -0.15) is 13.2 Å². The molecule has 0 spiro atoms. The summed E-state index contributed by atoms with van der Waals surface area (Å²) in [6.45, 7) is 4.70. The molecule has 0 radical (unpaired) electrons. The molecule has 0 saturated carbocycles. The van der Waals surface area contributed by atoms with Crippen LogP contribution in [0.2, 0.25) is 0 Å². The normalized spacial score (nSPS) is 23.2. The van der Waals surface area contributed by atoms with Gasteiger partial charge >= 0.3 is 6.18 Å². The van der Waals surface area contributed by atoms with Crippen LogP contribution in [0.4, 0.5) is 13.2 Å². The minimum atomic E-state index is -4.69.